The van der Waals surface area contributed by atoms with E-state index in [1.807, 2.05) is 6.07 Å². The lowest BCUT2D eigenvalue weighted by Crippen LogP contribution is -2.29. The van der Waals surface area contributed by atoms with Gasteiger partial charge in [-0.25, -0.2) is 12.8 Å². The van der Waals surface area contributed by atoms with Gasteiger partial charge in [0.25, 0.3) is 0 Å². The summed E-state index contributed by atoms with van der Waals surface area (Å²) in [6.45, 7) is 1.73. The summed E-state index contributed by atoms with van der Waals surface area (Å²) in [5, 5.41) is 8.91. The van der Waals surface area contributed by atoms with Gasteiger partial charge in [0.1, 0.15) is 11.9 Å². The molecule has 0 amide bonds. The number of hydrogen-bond acceptors (Lipinski definition) is 3. The van der Waals surface area contributed by atoms with Gasteiger partial charge in [-0.3, -0.25) is 0 Å². The number of rotatable bonds is 5. The molecule has 0 fully saturated rings. The van der Waals surface area contributed by atoms with Crippen LogP contribution in [0.5, 0.6) is 0 Å². The fourth-order valence-electron chi connectivity index (χ4n) is 1.33. The van der Waals surface area contributed by atoms with Crippen molar-refractivity contribution in [1.29, 1.82) is 5.26 Å². The maximum atomic E-state index is 12.7. The third kappa shape index (κ3) is 4.13. The van der Waals surface area contributed by atoms with Gasteiger partial charge in [0.05, 0.1) is 11.8 Å². The van der Waals surface area contributed by atoms with E-state index < -0.39 is 21.9 Å². The third-order valence-electron chi connectivity index (χ3n) is 2.10. The van der Waals surface area contributed by atoms with E-state index in [1.54, 1.807) is 6.92 Å². The van der Waals surface area contributed by atoms with Crippen molar-refractivity contribution in [2.75, 3.05) is 5.75 Å². The number of nitrogens with one attached hydrogen (secondary N) is 1. The molecule has 6 heteroatoms. The van der Waals surface area contributed by atoms with Crippen molar-refractivity contribution in [3.63, 3.8) is 0 Å². The zero-order valence-corrected chi connectivity index (χ0v) is 10.2. The van der Waals surface area contributed by atoms with Gasteiger partial charge in [0.2, 0.25) is 10.0 Å². The van der Waals surface area contributed by atoms with Gasteiger partial charge in [-0.2, -0.15) is 9.98 Å². The minimum atomic E-state index is -3.47. The summed E-state index contributed by atoms with van der Waals surface area (Å²) >= 11 is 0. The molecular weight excluding hydrogens is 243 g/mol. The highest BCUT2D eigenvalue weighted by Crippen LogP contribution is 2.14. The topological polar surface area (TPSA) is 70.0 Å². The molecule has 0 bridgehead atoms. The van der Waals surface area contributed by atoms with Gasteiger partial charge >= 0.3 is 0 Å². The fourth-order valence-corrected chi connectivity index (χ4v) is 2.53. The van der Waals surface area contributed by atoms with Crippen molar-refractivity contribution in [2.24, 2.45) is 0 Å². The van der Waals surface area contributed by atoms with E-state index in [0.717, 1.165) is 0 Å². The molecule has 4 nitrogen and oxygen atoms in total. The Hall–Kier alpha value is -1.45. The summed E-state index contributed by atoms with van der Waals surface area (Å²) in [6.07, 6.45) is 0.469. The second kappa shape index (κ2) is 5.75. The highest BCUT2D eigenvalue weighted by Gasteiger charge is 2.18. The maximum absolute atomic E-state index is 12.7. The van der Waals surface area contributed by atoms with Gasteiger partial charge in [0, 0.05) is 0 Å². The van der Waals surface area contributed by atoms with Crippen molar-refractivity contribution >= 4 is 10.0 Å². The van der Waals surface area contributed by atoms with Crippen LogP contribution >= 0.6 is 0 Å². The van der Waals surface area contributed by atoms with Gasteiger partial charge in [-0.05, 0) is 24.1 Å². The van der Waals surface area contributed by atoms with Crippen LogP contribution in [0.2, 0.25) is 0 Å². The quantitative estimate of drug-likeness (QED) is 0.872. The van der Waals surface area contributed by atoms with Crippen LogP contribution in [-0.2, 0) is 10.0 Å². The average Bonchev–Trinajstić information content (AvgIpc) is 2.27. The SMILES string of the molecule is CCCS(=O)(=O)NC(C#N)c1ccc(F)cc1. The molecule has 92 valence electrons. The number of benzene rings is 1. The van der Waals surface area contributed by atoms with E-state index in [1.165, 1.54) is 24.3 Å². The second-order valence-corrected chi connectivity index (χ2v) is 5.42. The first kappa shape index (κ1) is 13.6. The van der Waals surface area contributed by atoms with Crippen LogP contribution in [0.15, 0.2) is 24.3 Å². The highest BCUT2D eigenvalue weighted by atomic mass is 32.2. The van der Waals surface area contributed by atoms with E-state index in [-0.39, 0.29) is 5.75 Å². The molecule has 1 aromatic rings. The van der Waals surface area contributed by atoms with Gasteiger partial charge < -0.3 is 0 Å². The van der Waals surface area contributed by atoms with Crippen molar-refractivity contribution in [1.82, 2.24) is 4.72 Å². The minimum Gasteiger partial charge on any atom is -0.212 e. The molecule has 1 unspecified atom stereocenters. The summed E-state index contributed by atoms with van der Waals surface area (Å²) in [5.41, 5.74) is 0.425. The standard InChI is InChI=1S/C11H13FN2O2S/c1-2-7-17(15,16)14-11(8-13)9-3-5-10(12)6-4-9/h3-6,11,14H,2,7H2,1H3. The Morgan fingerprint density at radius 1 is 1.41 bits per heavy atom. The lowest BCUT2D eigenvalue weighted by atomic mass is 10.1. The highest BCUT2D eigenvalue weighted by molar-refractivity contribution is 7.89. The number of nitriles is 1. The van der Waals surface area contributed by atoms with E-state index in [9.17, 15) is 12.8 Å². The van der Waals surface area contributed by atoms with Crippen molar-refractivity contribution in [2.45, 2.75) is 19.4 Å². The minimum absolute atomic E-state index is 0.0353. The van der Waals surface area contributed by atoms with Gasteiger partial charge in [-0.15, -0.1) is 0 Å². The summed E-state index contributed by atoms with van der Waals surface area (Å²) in [6, 6.07) is 6.01. The summed E-state index contributed by atoms with van der Waals surface area (Å²) in [5.74, 6) is -0.464. The normalized spacial score (nSPS) is 13.0. The monoisotopic (exact) mass is 256 g/mol. The van der Waals surface area contributed by atoms with Crippen LogP contribution < -0.4 is 4.72 Å². The Labute approximate surface area is 100 Å². The van der Waals surface area contributed by atoms with Crippen LogP contribution in [0, 0.1) is 17.1 Å². The number of hydrogen-bond donors (Lipinski definition) is 1. The lowest BCUT2D eigenvalue weighted by molar-refractivity contribution is 0.574. The fraction of sp³-hybridized carbons (Fsp3) is 0.364. The molecule has 0 aromatic heterocycles. The predicted molar refractivity (Wildman–Crippen MR) is 62.0 cm³/mol. The van der Waals surface area contributed by atoms with Gasteiger partial charge in [0.15, 0.2) is 0 Å². The van der Waals surface area contributed by atoms with Crippen LogP contribution in [0.1, 0.15) is 24.9 Å². The maximum Gasteiger partial charge on any atom is 0.213 e. The molecule has 1 atom stereocenters. The molecule has 1 N–H and O–H groups in total. The molecule has 0 aliphatic heterocycles. The molecule has 0 saturated heterocycles. The third-order valence-corrected chi connectivity index (χ3v) is 3.64. The van der Waals surface area contributed by atoms with Gasteiger partial charge in [-0.1, -0.05) is 19.1 Å². The Kier molecular flexibility index (Phi) is 4.61. The Morgan fingerprint density at radius 2 is 2.00 bits per heavy atom. The number of halogens is 1. The first-order chi connectivity index (χ1) is 7.98. The van der Waals surface area contributed by atoms with E-state index in [2.05, 4.69) is 4.72 Å². The van der Waals surface area contributed by atoms with E-state index in [4.69, 9.17) is 5.26 Å². The smallest absolute Gasteiger partial charge is 0.212 e. The van der Waals surface area contributed by atoms with Crippen LogP contribution in [0.3, 0.4) is 0 Å². The van der Waals surface area contributed by atoms with Crippen LogP contribution in [0.25, 0.3) is 0 Å². The first-order valence-corrected chi connectivity index (χ1v) is 6.79. The zero-order chi connectivity index (χ0) is 12.9. The number of nitrogens with zero attached hydrogens (tertiary/aromatic N) is 1. The Bertz CT molecular complexity index is 505. The molecule has 1 rings (SSSR count). The largest absolute Gasteiger partial charge is 0.213 e. The van der Waals surface area contributed by atoms with Crippen molar-refractivity contribution in [3.8, 4) is 6.07 Å². The molecule has 0 saturated carbocycles. The molecule has 0 spiro atoms. The first-order valence-electron chi connectivity index (χ1n) is 5.13. The lowest BCUT2D eigenvalue weighted by Gasteiger charge is -2.11. The van der Waals surface area contributed by atoms with Crippen LogP contribution in [-0.4, -0.2) is 14.2 Å². The molecule has 0 heterocycles. The number of sulfonamides is 1. The van der Waals surface area contributed by atoms with Crippen molar-refractivity contribution in [3.05, 3.63) is 35.6 Å². The van der Waals surface area contributed by atoms with Crippen LogP contribution in [0.4, 0.5) is 4.39 Å². The van der Waals surface area contributed by atoms with E-state index in [0.29, 0.717) is 12.0 Å². The molecule has 17 heavy (non-hydrogen) atoms. The Morgan fingerprint density at radius 3 is 2.47 bits per heavy atom. The second-order valence-electron chi connectivity index (χ2n) is 3.55. The summed E-state index contributed by atoms with van der Waals surface area (Å²) < 4.78 is 38.0. The molecule has 1 aromatic carbocycles. The van der Waals surface area contributed by atoms with Crippen molar-refractivity contribution < 1.29 is 12.8 Å². The van der Waals surface area contributed by atoms with E-state index >= 15 is 0 Å². The zero-order valence-electron chi connectivity index (χ0n) is 9.35. The summed E-state index contributed by atoms with van der Waals surface area (Å²) in [7, 11) is -3.47. The molecule has 0 aliphatic rings. The molecule has 0 aliphatic carbocycles. The predicted octanol–water partition coefficient (Wildman–Crippen LogP) is 1.72. The Balaban J connectivity index is 2.87. The molecule has 0 radical (unpaired) electrons. The average molecular weight is 256 g/mol. The summed E-state index contributed by atoms with van der Waals surface area (Å²) in [4.78, 5) is 0. The molecular formula is C11H13FN2O2S.